The lowest BCUT2D eigenvalue weighted by Gasteiger charge is -2.49. The van der Waals surface area contributed by atoms with E-state index in [1.54, 1.807) is 0 Å². The quantitative estimate of drug-likeness (QED) is 0.363. The van der Waals surface area contributed by atoms with Crippen LogP contribution in [0.25, 0.3) is 16.7 Å². The minimum atomic E-state index is -2.03. The maximum absolute atomic E-state index is 6.93. The third-order valence-electron chi connectivity index (χ3n) is 6.05. The van der Waals surface area contributed by atoms with Crippen LogP contribution in [-0.4, -0.2) is 36.1 Å². The van der Waals surface area contributed by atoms with E-state index < -0.39 is 13.9 Å². The van der Waals surface area contributed by atoms with E-state index in [1.807, 2.05) is 22.8 Å². The van der Waals surface area contributed by atoms with Gasteiger partial charge in [0.2, 0.25) is 5.28 Å². The monoisotopic (exact) mass is 449 g/mol. The molecule has 0 aliphatic carbocycles. The van der Waals surface area contributed by atoms with E-state index in [0.29, 0.717) is 24.1 Å². The Morgan fingerprint density at radius 2 is 1.86 bits per heavy atom. The maximum atomic E-state index is 6.93. The molecule has 8 heteroatoms. The summed E-state index contributed by atoms with van der Waals surface area (Å²) >= 11 is 12.5. The summed E-state index contributed by atoms with van der Waals surface area (Å²) < 4.78 is 14.6. The van der Waals surface area contributed by atoms with Crippen molar-refractivity contribution in [2.75, 3.05) is 13.2 Å². The van der Waals surface area contributed by atoms with Crippen molar-refractivity contribution in [3.63, 3.8) is 0 Å². The summed E-state index contributed by atoms with van der Waals surface area (Å²) in [5.74, 6) is 0.553. The van der Waals surface area contributed by atoms with Gasteiger partial charge in [-0.25, -0.2) is 4.98 Å². The van der Waals surface area contributed by atoms with Crippen LogP contribution in [0.5, 0.6) is 0 Å². The van der Waals surface area contributed by atoms with E-state index in [-0.39, 0.29) is 10.3 Å². The fourth-order valence-corrected chi connectivity index (χ4v) is 5.24. The van der Waals surface area contributed by atoms with Crippen molar-refractivity contribution in [2.24, 2.45) is 0 Å². The van der Waals surface area contributed by atoms with Crippen LogP contribution >= 0.6 is 23.2 Å². The number of benzene rings is 1. The Labute approximate surface area is 182 Å². The second kappa shape index (κ2) is 7.06. The van der Waals surface area contributed by atoms with Gasteiger partial charge in [-0.05, 0) is 35.8 Å². The fourth-order valence-electron chi connectivity index (χ4n) is 3.42. The average Bonchev–Trinajstić information content (AvgIpc) is 2.99. The summed E-state index contributed by atoms with van der Waals surface area (Å²) in [4.78, 5) is 8.34. The first-order valence-corrected chi connectivity index (χ1v) is 13.3. The summed E-state index contributed by atoms with van der Waals surface area (Å²) in [7, 11) is -2.03. The van der Waals surface area contributed by atoms with Crippen LogP contribution in [0.4, 0.5) is 0 Å². The summed E-state index contributed by atoms with van der Waals surface area (Å²) in [6.45, 7) is 12.4. The van der Waals surface area contributed by atoms with Crippen molar-refractivity contribution in [1.82, 2.24) is 14.5 Å². The molecule has 2 aromatic heterocycles. The molecule has 1 aliphatic heterocycles. The first-order chi connectivity index (χ1) is 13.5. The molecule has 0 bridgehead atoms. The van der Waals surface area contributed by atoms with E-state index in [2.05, 4.69) is 56.1 Å². The Kier molecular flexibility index (Phi) is 5.07. The molecule has 1 fully saturated rings. The topological polar surface area (TPSA) is 49.2 Å². The predicted molar refractivity (Wildman–Crippen MR) is 120 cm³/mol. The van der Waals surface area contributed by atoms with Gasteiger partial charge in [0.1, 0.15) is 10.6 Å². The second-order valence-electron chi connectivity index (χ2n) is 9.09. The van der Waals surface area contributed by atoms with Crippen LogP contribution in [0, 0.1) is 0 Å². The lowest BCUT2D eigenvalue weighted by atomic mass is 9.92. The predicted octanol–water partition coefficient (Wildman–Crippen LogP) is 5.97. The van der Waals surface area contributed by atoms with Crippen LogP contribution in [0.2, 0.25) is 28.4 Å². The van der Waals surface area contributed by atoms with Gasteiger partial charge >= 0.3 is 0 Å². The summed E-state index contributed by atoms with van der Waals surface area (Å²) in [6.07, 6.45) is 3.58. The summed E-state index contributed by atoms with van der Waals surface area (Å²) in [6, 6.07) is 8.18. The zero-order valence-corrected chi connectivity index (χ0v) is 19.8. The highest BCUT2D eigenvalue weighted by Crippen LogP contribution is 2.47. The smallest absolute Gasteiger partial charge is 0.224 e. The lowest BCUT2D eigenvalue weighted by Crippen LogP contribution is -2.57. The molecule has 1 aromatic carbocycles. The lowest BCUT2D eigenvalue weighted by molar-refractivity contribution is -0.174. The van der Waals surface area contributed by atoms with Gasteiger partial charge in [-0.2, -0.15) is 4.98 Å². The molecule has 5 nitrogen and oxygen atoms in total. The van der Waals surface area contributed by atoms with Gasteiger partial charge < -0.3 is 9.16 Å². The van der Waals surface area contributed by atoms with E-state index in [0.717, 1.165) is 16.5 Å². The molecule has 3 heterocycles. The second-order valence-corrected chi connectivity index (χ2v) is 14.6. The normalized spacial score (nSPS) is 16.8. The van der Waals surface area contributed by atoms with Crippen molar-refractivity contribution in [2.45, 2.75) is 44.5 Å². The van der Waals surface area contributed by atoms with Crippen molar-refractivity contribution in [3.05, 3.63) is 52.5 Å². The van der Waals surface area contributed by atoms with Gasteiger partial charge in [-0.1, -0.05) is 50.6 Å². The number of hydrogen-bond donors (Lipinski definition) is 0. The van der Waals surface area contributed by atoms with E-state index in [1.165, 1.54) is 6.20 Å². The number of fused-ring (bicyclic) bond motifs is 1. The van der Waals surface area contributed by atoms with Gasteiger partial charge in [0.15, 0.2) is 14.1 Å². The molecule has 0 spiro atoms. The molecule has 0 amide bonds. The number of nitrogens with zero attached hydrogens (tertiary/aromatic N) is 3. The van der Waals surface area contributed by atoms with Crippen molar-refractivity contribution < 1.29 is 9.16 Å². The molecule has 3 aromatic rings. The number of rotatable bonds is 4. The SMILES string of the molecule is CC(C)(C)[Si](C)(C)OC1(c2cn(-c3nc(Cl)ncc3Cl)c3ccccc23)COC1. The molecule has 0 unspecified atom stereocenters. The van der Waals surface area contributed by atoms with Crippen molar-refractivity contribution >= 4 is 42.4 Å². The first kappa shape index (κ1) is 20.8. The number of halogens is 2. The Balaban J connectivity index is 1.90. The Bertz CT molecular complexity index is 1070. The highest BCUT2D eigenvalue weighted by atomic mass is 35.5. The highest BCUT2D eigenvalue weighted by molar-refractivity contribution is 6.74. The van der Waals surface area contributed by atoms with Crippen LogP contribution < -0.4 is 0 Å². The fraction of sp³-hybridized carbons (Fsp3) is 0.429. The van der Waals surface area contributed by atoms with Crippen molar-refractivity contribution in [1.29, 1.82) is 0 Å². The molecule has 1 aliphatic rings. The number of ether oxygens (including phenoxy) is 1. The maximum Gasteiger partial charge on any atom is 0.224 e. The third-order valence-corrected chi connectivity index (χ3v) is 11.0. The summed E-state index contributed by atoms with van der Waals surface area (Å²) in [5.41, 5.74) is 1.61. The van der Waals surface area contributed by atoms with E-state index in [4.69, 9.17) is 32.4 Å². The minimum Gasteiger partial charge on any atom is -0.403 e. The van der Waals surface area contributed by atoms with Crippen LogP contribution in [-0.2, 0) is 14.8 Å². The largest absolute Gasteiger partial charge is 0.403 e. The van der Waals surface area contributed by atoms with Crippen LogP contribution in [0.15, 0.2) is 36.7 Å². The summed E-state index contributed by atoms with van der Waals surface area (Å²) in [5, 5.41) is 1.78. The highest BCUT2D eigenvalue weighted by Gasteiger charge is 2.51. The molecular formula is C21H25Cl2N3O2Si. The molecule has 0 N–H and O–H groups in total. The van der Waals surface area contributed by atoms with Gasteiger partial charge in [0.05, 0.1) is 24.9 Å². The standard InChI is InChI=1S/C21H25Cl2N3O2Si/c1-20(2,3)29(4,5)28-21(12-27-13-21)15-11-26(17-9-7-6-8-14(15)17)18-16(22)10-24-19(23)25-18/h6-11H,12-13H2,1-5H3. The van der Waals surface area contributed by atoms with E-state index >= 15 is 0 Å². The zero-order valence-electron chi connectivity index (χ0n) is 17.3. The van der Waals surface area contributed by atoms with Gasteiger partial charge in [-0.3, -0.25) is 4.57 Å². The molecule has 0 radical (unpaired) electrons. The molecule has 1 saturated heterocycles. The Hall–Kier alpha value is -1.44. The average molecular weight is 450 g/mol. The molecule has 4 rings (SSSR count). The number of para-hydroxylation sites is 1. The van der Waals surface area contributed by atoms with E-state index in [9.17, 15) is 0 Å². The molecule has 154 valence electrons. The number of hydrogen-bond acceptors (Lipinski definition) is 4. The molecule has 0 saturated carbocycles. The van der Waals surface area contributed by atoms with Gasteiger partial charge in [0.25, 0.3) is 0 Å². The molecule has 0 atom stereocenters. The minimum absolute atomic E-state index is 0.0947. The molecular weight excluding hydrogens is 425 g/mol. The van der Waals surface area contributed by atoms with Crippen LogP contribution in [0.1, 0.15) is 26.3 Å². The first-order valence-electron chi connectivity index (χ1n) is 9.61. The third kappa shape index (κ3) is 3.51. The Morgan fingerprint density at radius 1 is 1.17 bits per heavy atom. The molecule has 29 heavy (non-hydrogen) atoms. The number of aromatic nitrogens is 3. The zero-order chi connectivity index (χ0) is 21.0. The van der Waals surface area contributed by atoms with Crippen molar-refractivity contribution in [3.8, 4) is 5.82 Å². The van der Waals surface area contributed by atoms with Gasteiger partial charge in [-0.15, -0.1) is 0 Å². The van der Waals surface area contributed by atoms with Gasteiger partial charge in [0, 0.05) is 17.1 Å². The Morgan fingerprint density at radius 3 is 2.48 bits per heavy atom. The van der Waals surface area contributed by atoms with Crippen LogP contribution in [0.3, 0.4) is 0 Å².